The first-order valence-electron chi connectivity index (χ1n) is 9.59. The molecular weight excluding hydrogens is 456 g/mol. The largest absolute Gasteiger partial charge is 0.452 e. The molecule has 172 valence electrons. The molecule has 0 aliphatic heterocycles. The van der Waals surface area contributed by atoms with E-state index in [2.05, 4.69) is 5.32 Å². The van der Waals surface area contributed by atoms with Gasteiger partial charge in [0.15, 0.2) is 12.4 Å². The van der Waals surface area contributed by atoms with Gasteiger partial charge >= 0.3 is 16.1 Å². The van der Waals surface area contributed by atoms with E-state index in [0.29, 0.717) is 17.2 Å². The van der Waals surface area contributed by atoms with E-state index >= 15 is 0 Å². The van der Waals surface area contributed by atoms with Crippen molar-refractivity contribution in [2.45, 2.75) is 18.7 Å². The SMILES string of the molecule is Cc1ccc(C)c(S(=O)(=O)Oc2ccccc2C(=O)OCC(=O)Nc2ccc(F)cc2F)c1. The number of benzene rings is 3. The minimum atomic E-state index is -4.26. The van der Waals surface area contributed by atoms with Crippen LogP contribution in [0.2, 0.25) is 0 Å². The molecule has 0 fully saturated rings. The highest BCUT2D eigenvalue weighted by Gasteiger charge is 2.24. The van der Waals surface area contributed by atoms with E-state index in [0.717, 1.165) is 12.1 Å². The van der Waals surface area contributed by atoms with Gasteiger partial charge in [0, 0.05) is 6.07 Å². The first-order valence-corrected chi connectivity index (χ1v) is 11.0. The third kappa shape index (κ3) is 5.92. The Morgan fingerprint density at radius 1 is 0.970 bits per heavy atom. The number of carbonyl (C=O) groups is 2. The van der Waals surface area contributed by atoms with Crippen LogP contribution < -0.4 is 9.50 Å². The average molecular weight is 475 g/mol. The molecule has 0 unspecified atom stereocenters. The van der Waals surface area contributed by atoms with Crippen LogP contribution in [0.3, 0.4) is 0 Å². The maximum atomic E-state index is 13.6. The Labute approximate surface area is 189 Å². The minimum absolute atomic E-state index is 0.0497. The zero-order valence-corrected chi connectivity index (χ0v) is 18.4. The molecule has 1 N–H and O–H groups in total. The van der Waals surface area contributed by atoms with Crippen molar-refractivity contribution in [3.05, 3.63) is 89.0 Å². The second-order valence-electron chi connectivity index (χ2n) is 7.05. The molecule has 1 amide bonds. The maximum Gasteiger partial charge on any atom is 0.342 e. The molecule has 0 spiro atoms. The van der Waals surface area contributed by atoms with Crippen LogP contribution >= 0.6 is 0 Å². The van der Waals surface area contributed by atoms with Crippen LogP contribution in [0.5, 0.6) is 5.75 Å². The summed E-state index contributed by atoms with van der Waals surface area (Å²) in [5.74, 6) is -4.01. The molecule has 0 saturated carbocycles. The number of aryl methyl sites for hydroxylation is 2. The molecule has 33 heavy (non-hydrogen) atoms. The number of esters is 1. The average Bonchev–Trinajstić information content (AvgIpc) is 2.75. The van der Waals surface area contributed by atoms with Gasteiger partial charge in [-0.15, -0.1) is 0 Å². The van der Waals surface area contributed by atoms with Crippen LogP contribution in [0.25, 0.3) is 0 Å². The first kappa shape index (κ1) is 23.9. The Bertz CT molecular complexity index is 1320. The number of ether oxygens (including phenoxy) is 1. The number of amides is 1. The van der Waals surface area contributed by atoms with Gasteiger partial charge in [0.2, 0.25) is 0 Å². The van der Waals surface area contributed by atoms with Crippen molar-refractivity contribution in [3.63, 3.8) is 0 Å². The van der Waals surface area contributed by atoms with Crippen molar-refractivity contribution in [1.82, 2.24) is 0 Å². The zero-order chi connectivity index (χ0) is 24.2. The van der Waals surface area contributed by atoms with Crippen molar-refractivity contribution in [2.24, 2.45) is 0 Å². The van der Waals surface area contributed by atoms with Crippen molar-refractivity contribution in [3.8, 4) is 5.75 Å². The molecule has 0 saturated heterocycles. The summed E-state index contributed by atoms with van der Waals surface area (Å²) in [4.78, 5) is 24.4. The van der Waals surface area contributed by atoms with Crippen LogP contribution in [0.4, 0.5) is 14.5 Å². The fraction of sp³-hybridized carbons (Fsp3) is 0.130. The number of hydrogen-bond acceptors (Lipinski definition) is 6. The minimum Gasteiger partial charge on any atom is -0.452 e. The summed E-state index contributed by atoms with van der Waals surface area (Å²) >= 11 is 0. The van der Waals surface area contributed by atoms with Crippen LogP contribution in [0.15, 0.2) is 65.6 Å². The molecule has 7 nitrogen and oxygen atoms in total. The molecule has 0 aliphatic carbocycles. The Kier molecular flexibility index (Phi) is 7.07. The zero-order valence-electron chi connectivity index (χ0n) is 17.6. The Balaban J connectivity index is 1.72. The fourth-order valence-electron chi connectivity index (χ4n) is 2.83. The number of halogens is 2. The summed E-state index contributed by atoms with van der Waals surface area (Å²) in [5.41, 5.74) is 0.650. The second-order valence-corrected chi connectivity index (χ2v) is 8.57. The molecule has 3 rings (SSSR count). The van der Waals surface area contributed by atoms with Crippen LogP contribution in [0, 0.1) is 25.5 Å². The lowest BCUT2D eigenvalue weighted by atomic mass is 10.2. The number of anilines is 1. The van der Waals surface area contributed by atoms with Crippen LogP contribution in [-0.2, 0) is 19.6 Å². The van der Waals surface area contributed by atoms with Crippen molar-refractivity contribution in [1.29, 1.82) is 0 Å². The highest BCUT2D eigenvalue weighted by atomic mass is 32.2. The summed E-state index contributed by atoms with van der Waals surface area (Å²) in [6.45, 7) is 2.54. The summed E-state index contributed by atoms with van der Waals surface area (Å²) in [6, 6.07) is 12.9. The van der Waals surface area contributed by atoms with Gasteiger partial charge in [-0.1, -0.05) is 24.3 Å². The van der Waals surface area contributed by atoms with E-state index in [-0.39, 0.29) is 21.9 Å². The Morgan fingerprint density at radius 3 is 2.42 bits per heavy atom. The van der Waals surface area contributed by atoms with E-state index in [1.807, 2.05) is 0 Å². The summed E-state index contributed by atoms with van der Waals surface area (Å²) < 4.78 is 62.2. The molecule has 0 atom stereocenters. The smallest absolute Gasteiger partial charge is 0.342 e. The standard InChI is InChI=1S/C23H19F2NO6S/c1-14-7-8-15(2)21(11-14)33(29,30)32-20-6-4-3-5-17(20)23(28)31-13-22(27)26-19-10-9-16(24)12-18(19)25/h3-12H,13H2,1-2H3,(H,26,27). The first-order chi connectivity index (χ1) is 15.6. The summed E-state index contributed by atoms with van der Waals surface area (Å²) in [5, 5.41) is 2.15. The Hall–Kier alpha value is -3.79. The molecule has 0 radical (unpaired) electrons. The van der Waals surface area contributed by atoms with Crippen LogP contribution in [-0.4, -0.2) is 26.9 Å². The quantitative estimate of drug-likeness (QED) is 0.407. The van der Waals surface area contributed by atoms with Gasteiger partial charge < -0.3 is 14.2 Å². The van der Waals surface area contributed by atoms with E-state index < -0.39 is 40.2 Å². The normalized spacial score (nSPS) is 11.0. The van der Waals surface area contributed by atoms with E-state index in [1.165, 1.54) is 30.3 Å². The topological polar surface area (TPSA) is 98.8 Å². The third-order valence-electron chi connectivity index (χ3n) is 4.46. The van der Waals surface area contributed by atoms with Crippen LogP contribution in [0.1, 0.15) is 21.5 Å². The monoisotopic (exact) mass is 475 g/mol. The number of nitrogens with one attached hydrogen (secondary N) is 1. The van der Waals surface area contributed by atoms with E-state index in [1.54, 1.807) is 26.0 Å². The van der Waals surface area contributed by atoms with Gasteiger partial charge in [0.1, 0.15) is 22.1 Å². The van der Waals surface area contributed by atoms with Gasteiger partial charge in [-0.3, -0.25) is 4.79 Å². The summed E-state index contributed by atoms with van der Waals surface area (Å²) in [6.07, 6.45) is 0. The molecule has 3 aromatic carbocycles. The van der Waals surface area contributed by atoms with Gasteiger partial charge in [-0.2, -0.15) is 8.42 Å². The lowest BCUT2D eigenvalue weighted by molar-refractivity contribution is -0.119. The molecule has 10 heteroatoms. The highest BCUT2D eigenvalue weighted by Crippen LogP contribution is 2.26. The van der Waals surface area contributed by atoms with Gasteiger partial charge in [0.25, 0.3) is 5.91 Å². The summed E-state index contributed by atoms with van der Waals surface area (Å²) in [7, 11) is -4.26. The van der Waals surface area contributed by atoms with Crippen molar-refractivity contribution < 1.29 is 35.7 Å². The van der Waals surface area contributed by atoms with Gasteiger partial charge in [0.05, 0.1) is 5.69 Å². The molecular formula is C23H19F2NO6S. The molecule has 0 aromatic heterocycles. The van der Waals surface area contributed by atoms with Crippen molar-refractivity contribution in [2.75, 3.05) is 11.9 Å². The number of para-hydroxylation sites is 1. The molecule has 3 aromatic rings. The maximum absolute atomic E-state index is 13.6. The number of rotatable bonds is 7. The lowest BCUT2D eigenvalue weighted by Crippen LogP contribution is -2.22. The fourth-order valence-corrected chi connectivity index (χ4v) is 4.10. The Morgan fingerprint density at radius 2 is 1.70 bits per heavy atom. The molecule has 0 aliphatic rings. The number of hydrogen-bond donors (Lipinski definition) is 1. The van der Waals surface area contributed by atoms with Gasteiger partial charge in [-0.25, -0.2) is 13.6 Å². The lowest BCUT2D eigenvalue weighted by Gasteiger charge is -2.13. The second kappa shape index (κ2) is 9.78. The third-order valence-corrected chi connectivity index (χ3v) is 5.84. The molecule has 0 bridgehead atoms. The molecule has 0 heterocycles. The van der Waals surface area contributed by atoms with Crippen molar-refractivity contribution >= 4 is 27.7 Å². The predicted molar refractivity (Wildman–Crippen MR) is 115 cm³/mol. The highest BCUT2D eigenvalue weighted by molar-refractivity contribution is 7.87. The van der Waals surface area contributed by atoms with E-state index in [9.17, 15) is 26.8 Å². The van der Waals surface area contributed by atoms with E-state index in [4.69, 9.17) is 8.92 Å². The predicted octanol–water partition coefficient (Wildman–Crippen LogP) is 4.14. The number of carbonyl (C=O) groups excluding carboxylic acids is 2. The van der Waals surface area contributed by atoms with Gasteiger partial charge in [-0.05, 0) is 55.3 Å².